The van der Waals surface area contributed by atoms with E-state index in [4.69, 9.17) is 22.8 Å². The highest BCUT2D eigenvalue weighted by molar-refractivity contribution is 6.60. The Morgan fingerprint density at radius 3 is 1.90 bits per heavy atom. The van der Waals surface area contributed by atoms with Gasteiger partial charge in [-0.25, -0.2) is 0 Å². The first-order chi connectivity index (χ1) is 14.2. The SMILES string of the molecule is CCOc1ccc([C@H]2CC[C@H](OCCC[Si](OCC)(OCC)OCC)CC2)cc1. The fraction of sp³-hybridized carbons (Fsp3) is 0.739. The molecule has 1 aromatic carbocycles. The van der Waals surface area contributed by atoms with Gasteiger partial charge in [0.05, 0.1) is 12.7 Å². The quantitative estimate of drug-likeness (QED) is 0.289. The van der Waals surface area contributed by atoms with Crippen LogP contribution in [0.25, 0.3) is 0 Å². The van der Waals surface area contributed by atoms with Gasteiger partial charge in [0.25, 0.3) is 0 Å². The molecule has 5 nitrogen and oxygen atoms in total. The normalized spacial score (nSPS) is 20.0. The number of ether oxygens (including phenoxy) is 2. The van der Waals surface area contributed by atoms with Crippen molar-refractivity contribution in [3.8, 4) is 5.75 Å². The van der Waals surface area contributed by atoms with Crippen LogP contribution in [0, 0.1) is 0 Å². The Morgan fingerprint density at radius 1 is 0.793 bits per heavy atom. The summed E-state index contributed by atoms with van der Waals surface area (Å²) in [5.74, 6) is 1.60. The van der Waals surface area contributed by atoms with E-state index in [0.29, 0.717) is 38.4 Å². The minimum absolute atomic E-state index is 0.372. The van der Waals surface area contributed by atoms with E-state index in [-0.39, 0.29) is 0 Å². The van der Waals surface area contributed by atoms with Gasteiger partial charge in [0.1, 0.15) is 5.75 Å². The average Bonchev–Trinajstić information content (AvgIpc) is 2.73. The lowest BCUT2D eigenvalue weighted by atomic mass is 9.83. The van der Waals surface area contributed by atoms with Crippen LogP contribution in [0.15, 0.2) is 24.3 Å². The van der Waals surface area contributed by atoms with Gasteiger partial charge < -0.3 is 22.8 Å². The summed E-state index contributed by atoms with van der Waals surface area (Å²) >= 11 is 0. The summed E-state index contributed by atoms with van der Waals surface area (Å²) in [5.41, 5.74) is 1.42. The van der Waals surface area contributed by atoms with Crippen molar-refractivity contribution in [2.45, 2.75) is 77.9 Å². The highest BCUT2D eigenvalue weighted by Crippen LogP contribution is 2.34. The molecule has 1 aliphatic rings. The second-order valence-corrected chi connectivity index (χ2v) is 10.2. The molecule has 0 bridgehead atoms. The predicted octanol–water partition coefficient (Wildman–Crippen LogP) is 5.57. The lowest BCUT2D eigenvalue weighted by Crippen LogP contribution is -2.46. The van der Waals surface area contributed by atoms with Crippen molar-refractivity contribution in [2.75, 3.05) is 33.0 Å². The molecule has 29 heavy (non-hydrogen) atoms. The first-order valence-corrected chi connectivity index (χ1v) is 13.4. The fourth-order valence-corrected chi connectivity index (χ4v) is 6.69. The second kappa shape index (κ2) is 13.4. The molecule has 1 saturated carbocycles. The molecule has 0 N–H and O–H groups in total. The van der Waals surface area contributed by atoms with Crippen LogP contribution in [0.1, 0.15) is 71.3 Å². The van der Waals surface area contributed by atoms with E-state index in [1.807, 2.05) is 27.7 Å². The maximum absolute atomic E-state index is 6.18. The van der Waals surface area contributed by atoms with Gasteiger partial charge in [-0.1, -0.05) is 12.1 Å². The third-order valence-corrected chi connectivity index (χ3v) is 8.56. The number of hydrogen-bond donors (Lipinski definition) is 0. The van der Waals surface area contributed by atoms with Crippen molar-refractivity contribution in [3.05, 3.63) is 29.8 Å². The molecule has 0 radical (unpaired) electrons. The molecule has 0 spiro atoms. The molecule has 0 aliphatic heterocycles. The Labute approximate surface area is 178 Å². The molecule has 6 heteroatoms. The topological polar surface area (TPSA) is 46.2 Å². The Bertz CT molecular complexity index is 526. The van der Waals surface area contributed by atoms with Gasteiger partial charge in [0.15, 0.2) is 0 Å². The average molecular weight is 425 g/mol. The third kappa shape index (κ3) is 8.02. The second-order valence-electron chi connectivity index (χ2n) is 7.43. The van der Waals surface area contributed by atoms with E-state index < -0.39 is 8.80 Å². The van der Waals surface area contributed by atoms with E-state index >= 15 is 0 Å². The Kier molecular flexibility index (Phi) is 11.2. The van der Waals surface area contributed by atoms with Gasteiger partial charge in [-0.3, -0.25) is 0 Å². The lowest BCUT2D eigenvalue weighted by molar-refractivity contribution is 0.0202. The van der Waals surface area contributed by atoms with Crippen LogP contribution in [0.4, 0.5) is 0 Å². The predicted molar refractivity (Wildman–Crippen MR) is 119 cm³/mol. The van der Waals surface area contributed by atoms with Gasteiger partial charge in [-0.15, -0.1) is 0 Å². The summed E-state index contributed by atoms with van der Waals surface area (Å²) in [5, 5.41) is 0. The monoisotopic (exact) mass is 424 g/mol. The summed E-state index contributed by atoms with van der Waals surface area (Å²) in [4.78, 5) is 0. The van der Waals surface area contributed by atoms with Crippen LogP contribution in [0.3, 0.4) is 0 Å². The number of hydrogen-bond acceptors (Lipinski definition) is 5. The smallest absolute Gasteiger partial charge is 0.494 e. The molecule has 0 heterocycles. The van der Waals surface area contributed by atoms with Crippen LogP contribution in [0.2, 0.25) is 6.04 Å². The molecule has 1 fully saturated rings. The minimum atomic E-state index is -2.54. The fourth-order valence-electron chi connectivity index (χ4n) is 4.11. The van der Waals surface area contributed by atoms with Gasteiger partial charge in [-0.05, 0) is 83.4 Å². The van der Waals surface area contributed by atoms with Crippen molar-refractivity contribution in [1.82, 2.24) is 0 Å². The zero-order valence-electron chi connectivity index (χ0n) is 18.8. The van der Waals surface area contributed by atoms with E-state index in [1.165, 1.54) is 18.4 Å². The Morgan fingerprint density at radius 2 is 1.38 bits per heavy atom. The summed E-state index contributed by atoms with van der Waals surface area (Å²) in [6.07, 6.45) is 5.93. The Balaban J connectivity index is 1.71. The lowest BCUT2D eigenvalue weighted by Gasteiger charge is -2.30. The maximum atomic E-state index is 6.18. The van der Waals surface area contributed by atoms with Crippen molar-refractivity contribution >= 4 is 8.80 Å². The van der Waals surface area contributed by atoms with E-state index in [9.17, 15) is 0 Å². The molecular weight excluding hydrogens is 384 g/mol. The number of rotatable bonds is 14. The zero-order valence-corrected chi connectivity index (χ0v) is 19.8. The van der Waals surface area contributed by atoms with Gasteiger partial charge in [0, 0.05) is 32.5 Å². The largest absolute Gasteiger partial charge is 0.501 e. The molecule has 0 aromatic heterocycles. The molecule has 2 rings (SSSR count). The van der Waals surface area contributed by atoms with Gasteiger partial charge in [-0.2, -0.15) is 0 Å². The third-order valence-electron chi connectivity index (χ3n) is 5.41. The van der Waals surface area contributed by atoms with Crippen LogP contribution in [0.5, 0.6) is 5.75 Å². The van der Waals surface area contributed by atoms with E-state index in [0.717, 1.165) is 37.7 Å². The summed E-state index contributed by atoms with van der Waals surface area (Å²) in [6, 6.07) is 9.44. The first-order valence-electron chi connectivity index (χ1n) is 11.4. The molecule has 0 saturated heterocycles. The van der Waals surface area contributed by atoms with Crippen LogP contribution < -0.4 is 4.74 Å². The number of benzene rings is 1. The van der Waals surface area contributed by atoms with Crippen molar-refractivity contribution in [2.24, 2.45) is 0 Å². The Hall–Kier alpha value is -0.923. The van der Waals surface area contributed by atoms with Crippen LogP contribution in [-0.2, 0) is 18.0 Å². The van der Waals surface area contributed by atoms with E-state index in [1.54, 1.807) is 0 Å². The van der Waals surface area contributed by atoms with Crippen LogP contribution >= 0.6 is 0 Å². The summed E-state index contributed by atoms with van der Waals surface area (Å²) in [6.45, 7) is 11.4. The maximum Gasteiger partial charge on any atom is 0.501 e. The first kappa shape index (κ1) is 24.3. The highest BCUT2D eigenvalue weighted by Gasteiger charge is 2.39. The zero-order chi connectivity index (χ0) is 21.0. The molecule has 166 valence electrons. The van der Waals surface area contributed by atoms with Crippen molar-refractivity contribution in [1.29, 1.82) is 0 Å². The standard InChI is InChI=1S/C23H40O5Si/c1-5-24-22-14-10-20(11-15-22)21-12-16-23(17-13-21)25-18-9-19-29(26-6-2,27-7-3)28-8-4/h10-11,14-15,21,23H,5-9,12-13,16-19H2,1-4H3/t21-,23-. The van der Waals surface area contributed by atoms with Crippen molar-refractivity contribution < 1.29 is 22.8 Å². The van der Waals surface area contributed by atoms with Crippen LogP contribution in [-0.4, -0.2) is 47.9 Å². The van der Waals surface area contributed by atoms with Gasteiger partial charge in [0.2, 0.25) is 0 Å². The summed E-state index contributed by atoms with van der Waals surface area (Å²) < 4.78 is 29.5. The minimum Gasteiger partial charge on any atom is -0.494 e. The molecule has 0 amide bonds. The van der Waals surface area contributed by atoms with Gasteiger partial charge >= 0.3 is 8.80 Å². The molecule has 1 aromatic rings. The van der Waals surface area contributed by atoms with Crippen molar-refractivity contribution in [3.63, 3.8) is 0 Å². The molecule has 0 atom stereocenters. The summed E-state index contributed by atoms with van der Waals surface area (Å²) in [7, 11) is -2.54. The molecule has 1 aliphatic carbocycles. The molecule has 0 unspecified atom stereocenters. The molecular formula is C23H40O5Si. The van der Waals surface area contributed by atoms with E-state index in [2.05, 4.69) is 24.3 Å². The highest BCUT2D eigenvalue weighted by atomic mass is 28.4.